The Bertz CT molecular complexity index is 662. The van der Waals surface area contributed by atoms with Crippen LogP contribution in [0.5, 0.6) is 5.75 Å². The van der Waals surface area contributed by atoms with Gasteiger partial charge < -0.3 is 15.2 Å². The number of aliphatic carboxylic acids is 1. The Morgan fingerprint density at radius 3 is 2.82 bits per heavy atom. The quantitative estimate of drug-likeness (QED) is 0.891. The van der Waals surface area contributed by atoms with E-state index in [2.05, 4.69) is 5.32 Å². The molecule has 1 unspecified atom stereocenters. The van der Waals surface area contributed by atoms with Crippen LogP contribution in [0.25, 0.3) is 10.8 Å². The van der Waals surface area contributed by atoms with E-state index in [0.29, 0.717) is 5.92 Å². The van der Waals surface area contributed by atoms with Crippen molar-refractivity contribution in [3.8, 4) is 5.75 Å². The molecule has 2 aromatic rings. The molecule has 3 rings (SSSR count). The van der Waals surface area contributed by atoms with E-state index in [1.165, 1.54) is 12.8 Å². The van der Waals surface area contributed by atoms with Gasteiger partial charge in [0.1, 0.15) is 5.75 Å². The molecule has 1 fully saturated rings. The van der Waals surface area contributed by atoms with Gasteiger partial charge in [0.25, 0.3) is 0 Å². The lowest BCUT2D eigenvalue weighted by atomic mass is 10.0. The Balaban J connectivity index is 1.68. The molecule has 0 amide bonds. The average Bonchev–Trinajstić information content (AvgIpc) is 2.53. The fourth-order valence-electron chi connectivity index (χ4n) is 2.93. The van der Waals surface area contributed by atoms with E-state index in [9.17, 15) is 4.79 Å². The minimum atomic E-state index is -0.805. The second kappa shape index (κ2) is 6.79. The van der Waals surface area contributed by atoms with Gasteiger partial charge in [-0.15, -0.1) is 0 Å². The lowest BCUT2D eigenvalue weighted by molar-refractivity contribution is -0.136. The highest BCUT2D eigenvalue weighted by Crippen LogP contribution is 2.23. The van der Waals surface area contributed by atoms with Crippen LogP contribution >= 0.6 is 0 Å². The van der Waals surface area contributed by atoms with Crippen molar-refractivity contribution in [2.45, 2.75) is 19.3 Å². The van der Waals surface area contributed by atoms with Crippen LogP contribution in [0.15, 0.2) is 36.4 Å². The third kappa shape index (κ3) is 3.77. The van der Waals surface area contributed by atoms with E-state index in [4.69, 9.17) is 9.84 Å². The number of piperidine rings is 1. The topological polar surface area (TPSA) is 58.6 Å². The van der Waals surface area contributed by atoms with Crippen molar-refractivity contribution in [3.05, 3.63) is 42.0 Å². The normalized spacial score (nSPS) is 18.3. The van der Waals surface area contributed by atoms with Crippen LogP contribution < -0.4 is 10.1 Å². The molecular weight excluding hydrogens is 278 g/mol. The zero-order valence-corrected chi connectivity index (χ0v) is 12.5. The van der Waals surface area contributed by atoms with E-state index in [1.54, 1.807) is 0 Å². The summed E-state index contributed by atoms with van der Waals surface area (Å²) in [6.07, 6.45) is 2.50. The molecule has 0 aliphatic carbocycles. The van der Waals surface area contributed by atoms with Crippen LogP contribution in [0, 0.1) is 5.92 Å². The fraction of sp³-hybridized carbons (Fsp3) is 0.389. The zero-order chi connectivity index (χ0) is 15.4. The molecule has 1 saturated heterocycles. The molecular formula is C18H21NO3. The summed E-state index contributed by atoms with van der Waals surface area (Å²) in [6.45, 7) is 2.90. The summed E-state index contributed by atoms with van der Waals surface area (Å²) < 4.78 is 5.91. The van der Waals surface area contributed by atoms with E-state index >= 15 is 0 Å². The van der Waals surface area contributed by atoms with Crippen molar-refractivity contribution in [1.29, 1.82) is 0 Å². The van der Waals surface area contributed by atoms with E-state index in [-0.39, 0.29) is 6.42 Å². The minimum Gasteiger partial charge on any atom is -0.493 e. The molecule has 4 heteroatoms. The van der Waals surface area contributed by atoms with E-state index < -0.39 is 5.97 Å². The molecule has 0 radical (unpaired) electrons. The van der Waals surface area contributed by atoms with Gasteiger partial charge in [0.05, 0.1) is 13.0 Å². The van der Waals surface area contributed by atoms with Crippen LogP contribution in [0.1, 0.15) is 18.4 Å². The van der Waals surface area contributed by atoms with Gasteiger partial charge in [-0.05, 0) is 47.9 Å². The molecule has 0 aromatic heterocycles. The first-order valence-corrected chi connectivity index (χ1v) is 7.79. The van der Waals surface area contributed by atoms with E-state index in [1.807, 2.05) is 36.4 Å². The lowest BCUT2D eigenvalue weighted by Crippen LogP contribution is -2.33. The molecule has 116 valence electrons. The Kier molecular flexibility index (Phi) is 4.59. The molecule has 0 spiro atoms. The maximum absolute atomic E-state index is 10.8. The maximum Gasteiger partial charge on any atom is 0.307 e. The van der Waals surface area contributed by atoms with Crippen molar-refractivity contribution < 1.29 is 14.6 Å². The first-order valence-electron chi connectivity index (χ1n) is 7.79. The Hall–Kier alpha value is -2.07. The van der Waals surface area contributed by atoms with Crippen LogP contribution in [0.2, 0.25) is 0 Å². The van der Waals surface area contributed by atoms with Crippen molar-refractivity contribution >= 4 is 16.7 Å². The summed E-state index contributed by atoms with van der Waals surface area (Å²) in [6, 6.07) is 11.7. The van der Waals surface area contributed by atoms with Crippen LogP contribution in [0.4, 0.5) is 0 Å². The maximum atomic E-state index is 10.8. The summed E-state index contributed by atoms with van der Waals surface area (Å²) in [4.78, 5) is 10.8. The highest BCUT2D eigenvalue weighted by molar-refractivity contribution is 5.85. The standard InChI is InChI=1S/C18H21NO3/c20-18(21)9-13-3-4-16-10-17(6-5-15(16)8-13)22-12-14-2-1-7-19-11-14/h3-6,8,10,14,19H,1-2,7,9,11-12H2,(H,20,21). The minimum absolute atomic E-state index is 0.0584. The van der Waals surface area contributed by atoms with Gasteiger partial charge in [-0.2, -0.15) is 0 Å². The summed E-state index contributed by atoms with van der Waals surface area (Å²) in [5, 5.41) is 14.4. The summed E-state index contributed by atoms with van der Waals surface area (Å²) in [5.41, 5.74) is 0.821. The second-order valence-electron chi connectivity index (χ2n) is 5.94. The van der Waals surface area contributed by atoms with Crippen molar-refractivity contribution in [2.24, 2.45) is 5.92 Å². The fourth-order valence-corrected chi connectivity index (χ4v) is 2.93. The summed E-state index contributed by atoms with van der Waals surface area (Å²) >= 11 is 0. The van der Waals surface area contributed by atoms with Crippen LogP contribution in [-0.4, -0.2) is 30.8 Å². The van der Waals surface area contributed by atoms with E-state index in [0.717, 1.165) is 41.8 Å². The highest BCUT2D eigenvalue weighted by Gasteiger charge is 2.13. The smallest absolute Gasteiger partial charge is 0.307 e. The van der Waals surface area contributed by atoms with Gasteiger partial charge >= 0.3 is 5.97 Å². The van der Waals surface area contributed by atoms with Gasteiger partial charge in [-0.25, -0.2) is 0 Å². The average molecular weight is 299 g/mol. The number of carboxylic acids is 1. The number of rotatable bonds is 5. The number of fused-ring (bicyclic) bond motifs is 1. The monoisotopic (exact) mass is 299 g/mol. The molecule has 2 N–H and O–H groups in total. The van der Waals surface area contributed by atoms with Gasteiger partial charge in [-0.3, -0.25) is 4.79 Å². The van der Waals surface area contributed by atoms with Gasteiger partial charge in [0.2, 0.25) is 0 Å². The molecule has 1 aliphatic rings. The van der Waals surface area contributed by atoms with Gasteiger partial charge in [-0.1, -0.05) is 24.3 Å². The number of hydrogen-bond donors (Lipinski definition) is 2. The van der Waals surface area contributed by atoms with Gasteiger partial charge in [0, 0.05) is 12.5 Å². The predicted molar refractivity (Wildman–Crippen MR) is 86.4 cm³/mol. The first kappa shape index (κ1) is 14.9. The molecule has 1 heterocycles. The first-order chi connectivity index (χ1) is 10.7. The molecule has 0 bridgehead atoms. The molecule has 22 heavy (non-hydrogen) atoms. The molecule has 0 saturated carbocycles. The lowest BCUT2D eigenvalue weighted by Gasteiger charge is -2.22. The number of carboxylic acid groups (broad SMARTS) is 1. The summed E-state index contributed by atoms with van der Waals surface area (Å²) in [7, 11) is 0. The highest BCUT2D eigenvalue weighted by atomic mass is 16.5. The Morgan fingerprint density at radius 2 is 2.05 bits per heavy atom. The molecule has 4 nitrogen and oxygen atoms in total. The van der Waals surface area contributed by atoms with Crippen molar-refractivity contribution in [3.63, 3.8) is 0 Å². The zero-order valence-electron chi connectivity index (χ0n) is 12.5. The number of nitrogens with one attached hydrogen (secondary N) is 1. The Labute approximate surface area is 130 Å². The third-order valence-electron chi connectivity index (χ3n) is 4.12. The number of carbonyl (C=O) groups is 1. The SMILES string of the molecule is O=C(O)Cc1ccc2cc(OCC3CCCNC3)ccc2c1. The van der Waals surface area contributed by atoms with Crippen molar-refractivity contribution in [2.75, 3.05) is 19.7 Å². The van der Waals surface area contributed by atoms with Crippen LogP contribution in [0.3, 0.4) is 0 Å². The number of benzene rings is 2. The Morgan fingerprint density at radius 1 is 1.23 bits per heavy atom. The number of hydrogen-bond acceptors (Lipinski definition) is 3. The molecule has 1 aliphatic heterocycles. The number of ether oxygens (including phenoxy) is 1. The second-order valence-corrected chi connectivity index (χ2v) is 5.94. The molecule has 1 atom stereocenters. The molecule has 2 aromatic carbocycles. The summed E-state index contributed by atoms with van der Waals surface area (Å²) in [5.74, 6) is 0.659. The predicted octanol–water partition coefficient (Wildman–Crippen LogP) is 2.85. The van der Waals surface area contributed by atoms with Crippen LogP contribution in [-0.2, 0) is 11.2 Å². The third-order valence-corrected chi connectivity index (χ3v) is 4.12. The van der Waals surface area contributed by atoms with Gasteiger partial charge in [0.15, 0.2) is 0 Å². The van der Waals surface area contributed by atoms with Crippen molar-refractivity contribution in [1.82, 2.24) is 5.32 Å². The largest absolute Gasteiger partial charge is 0.493 e.